The van der Waals surface area contributed by atoms with Gasteiger partial charge in [-0.1, -0.05) is 24.3 Å². The SMILES string of the molecule is O=C(C1CCCc2ccccc21)C1C2C3CCC(C3)C12. The quantitative estimate of drug-likeness (QED) is 0.791. The van der Waals surface area contributed by atoms with Gasteiger partial charge in [0.1, 0.15) is 5.78 Å². The fourth-order valence-electron chi connectivity index (χ4n) is 5.99. The van der Waals surface area contributed by atoms with Gasteiger partial charge in [0.15, 0.2) is 0 Å². The lowest BCUT2D eigenvalue weighted by Crippen LogP contribution is -2.22. The molecule has 104 valence electrons. The predicted octanol–water partition coefficient (Wildman–Crippen LogP) is 3.97. The Kier molecular flexibility index (Phi) is 2.29. The van der Waals surface area contributed by atoms with Crippen LogP contribution in [0.25, 0.3) is 0 Å². The van der Waals surface area contributed by atoms with Crippen LogP contribution >= 0.6 is 0 Å². The maximum atomic E-state index is 13.1. The van der Waals surface area contributed by atoms with Gasteiger partial charge in [0, 0.05) is 11.8 Å². The van der Waals surface area contributed by atoms with Crippen molar-refractivity contribution in [3.63, 3.8) is 0 Å². The van der Waals surface area contributed by atoms with Crippen LogP contribution in [0, 0.1) is 29.6 Å². The van der Waals surface area contributed by atoms with Gasteiger partial charge in [-0.3, -0.25) is 4.79 Å². The van der Waals surface area contributed by atoms with Gasteiger partial charge in [0.2, 0.25) is 0 Å². The molecule has 1 aromatic rings. The second kappa shape index (κ2) is 3.96. The summed E-state index contributed by atoms with van der Waals surface area (Å²) in [6.07, 6.45) is 7.74. The standard InChI is InChI=1S/C19H22O/c20-19(18-16-12-8-9-13(10-12)17(16)18)15-7-3-5-11-4-1-2-6-14(11)15/h1-2,4,6,12-13,15-18H,3,5,7-10H2. The molecule has 0 heterocycles. The summed E-state index contributed by atoms with van der Waals surface area (Å²) in [6.45, 7) is 0. The van der Waals surface area contributed by atoms with E-state index in [0.29, 0.717) is 11.7 Å². The van der Waals surface area contributed by atoms with Gasteiger partial charge in [0.25, 0.3) is 0 Å². The summed E-state index contributed by atoms with van der Waals surface area (Å²) >= 11 is 0. The van der Waals surface area contributed by atoms with Gasteiger partial charge in [0.05, 0.1) is 0 Å². The van der Waals surface area contributed by atoms with E-state index < -0.39 is 0 Å². The van der Waals surface area contributed by atoms with Crippen LogP contribution < -0.4 is 0 Å². The Morgan fingerprint density at radius 3 is 2.55 bits per heavy atom. The van der Waals surface area contributed by atoms with E-state index in [9.17, 15) is 4.79 Å². The minimum absolute atomic E-state index is 0.231. The Balaban J connectivity index is 1.44. The molecule has 5 atom stereocenters. The van der Waals surface area contributed by atoms with Crippen molar-refractivity contribution in [3.8, 4) is 0 Å². The topological polar surface area (TPSA) is 17.1 Å². The van der Waals surface area contributed by atoms with Crippen LogP contribution in [0.5, 0.6) is 0 Å². The Hall–Kier alpha value is -1.11. The molecule has 1 aromatic carbocycles. The number of carbonyl (C=O) groups excluding carboxylic acids is 1. The van der Waals surface area contributed by atoms with Crippen molar-refractivity contribution in [1.29, 1.82) is 0 Å². The van der Waals surface area contributed by atoms with Crippen LogP contribution in [0.3, 0.4) is 0 Å². The van der Waals surface area contributed by atoms with Crippen LogP contribution in [0.15, 0.2) is 24.3 Å². The largest absolute Gasteiger partial charge is 0.299 e. The van der Waals surface area contributed by atoms with Crippen molar-refractivity contribution in [2.75, 3.05) is 0 Å². The Morgan fingerprint density at radius 1 is 1.00 bits per heavy atom. The molecule has 0 aromatic heterocycles. The highest BCUT2D eigenvalue weighted by Crippen LogP contribution is 2.70. The maximum Gasteiger partial charge on any atom is 0.144 e. The number of hydrogen-bond acceptors (Lipinski definition) is 1. The molecule has 4 aliphatic carbocycles. The zero-order chi connectivity index (χ0) is 13.3. The van der Waals surface area contributed by atoms with Crippen molar-refractivity contribution < 1.29 is 4.79 Å². The van der Waals surface area contributed by atoms with Crippen molar-refractivity contribution >= 4 is 5.78 Å². The van der Waals surface area contributed by atoms with Crippen LogP contribution in [0.4, 0.5) is 0 Å². The van der Waals surface area contributed by atoms with Crippen molar-refractivity contribution in [2.24, 2.45) is 29.6 Å². The zero-order valence-electron chi connectivity index (χ0n) is 11.9. The van der Waals surface area contributed by atoms with E-state index in [1.807, 2.05) is 0 Å². The Labute approximate surface area is 120 Å². The van der Waals surface area contributed by atoms with Crippen LogP contribution in [0.2, 0.25) is 0 Å². The van der Waals surface area contributed by atoms with Gasteiger partial charge in [-0.15, -0.1) is 0 Å². The summed E-state index contributed by atoms with van der Waals surface area (Å²) in [7, 11) is 0. The average molecular weight is 266 g/mol. The lowest BCUT2D eigenvalue weighted by Gasteiger charge is -2.25. The lowest BCUT2D eigenvalue weighted by molar-refractivity contribution is -0.123. The van der Waals surface area contributed by atoms with E-state index in [1.54, 1.807) is 0 Å². The Morgan fingerprint density at radius 2 is 1.75 bits per heavy atom. The molecule has 4 aliphatic rings. The fourth-order valence-corrected chi connectivity index (χ4v) is 5.99. The third-order valence-corrected chi connectivity index (χ3v) is 6.78. The van der Waals surface area contributed by atoms with Gasteiger partial charge in [-0.05, 0) is 73.3 Å². The Bertz CT molecular complexity index is 559. The smallest absolute Gasteiger partial charge is 0.144 e. The fraction of sp³-hybridized carbons (Fsp3) is 0.632. The second-order valence-electron chi connectivity index (χ2n) is 7.56. The third kappa shape index (κ3) is 1.42. The molecular weight excluding hydrogens is 244 g/mol. The molecule has 1 heteroatoms. The number of hydrogen-bond donors (Lipinski definition) is 0. The summed E-state index contributed by atoms with van der Waals surface area (Å²) in [6, 6.07) is 8.68. The van der Waals surface area contributed by atoms with Gasteiger partial charge >= 0.3 is 0 Å². The first kappa shape index (κ1) is 11.5. The molecule has 1 nitrogen and oxygen atoms in total. The van der Waals surface area contributed by atoms with E-state index in [-0.39, 0.29) is 5.92 Å². The third-order valence-electron chi connectivity index (χ3n) is 6.78. The summed E-state index contributed by atoms with van der Waals surface area (Å²) in [5, 5.41) is 0. The van der Waals surface area contributed by atoms with Crippen molar-refractivity contribution in [2.45, 2.75) is 44.4 Å². The van der Waals surface area contributed by atoms with Gasteiger partial charge in [-0.2, -0.15) is 0 Å². The molecule has 2 bridgehead atoms. The predicted molar refractivity (Wildman–Crippen MR) is 78.4 cm³/mol. The first-order valence-corrected chi connectivity index (χ1v) is 8.46. The molecule has 5 unspecified atom stereocenters. The number of fused-ring (bicyclic) bond motifs is 6. The van der Waals surface area contributed by atoms with Crippen molar-refractivity contribution in [3.05, 3.63) is 35.4 Å². The molecule has 20 heavy (non-hydrogen) atoms. The van der Waals surface area contributed by atoms with Gasteiger partial charge in [-0.25, -0.2) is 0 Å². The number of Topliss-reactive ketones (excluding diaryl/α,β-unsaturated/α-hetero) is 1. The molecule has 3 saturated carbocycles. The minimum Gasteiger partial charge on any atom is -0.299 e. The molecule has 0 spiro atoms. The van der Waals surface area contributed by atoms with Crippen LogP contribution in [-0.4, -0.2) is 5.78 Å². The van der Waals surface area contributed by atoms with Crippen LogP contribution in [0.1, 0.15) is 49.1 Å². The molecule has 0 aliphatic heterocycles. The maximum absolute atomic E-state index is 13.1. The van der Waals surface area contributed by atoms with Crippen molar-refractivity contribution in [1.82, 2.24) is 0 Å². The molecule has 5 rings (SSSR count). The average Bonchev–Trinajstić information content (AvgIpc) is 2.93. The number of rotatable bonds is 2. The highest BCUT2D eigenvalue weighted by molar-refractivity contribution is 5.91. The van der Waals surface area contributed by atoms with E-state index in [0.717, 1.165) is 30.1 Å². The minimum atomic E-state index is 0.231. The molecule has 0 N–H and O–H groups in total. The van der Waals surface area contributed by atoms with Gasteiger partial charge < -0.3 is 0 Å². The summed E-state index contributed by atoms with van der Waals surface area (Å²) in [5.41, 5.74) is 2.80. The zero-order valence-corrected chi connectivity index (χ0v) is 11.9. The summed E-state index contributed by atoms with van der Waals surface area (Å²) < 4.78 is 0. The first-order valence-electron chi connectivity index (χ1n) is 8.46. The number of aryl methyl sites for hydroxylation is 1. The van der Waals surface area contributed by atoms with E-state index in [4.69, 9.17) is 0 Å². The van der Waals surface area contributed by atoms with E-state index in [1.165, 1.54) is 43.2 Å². The molecule has 3 fully saturated rings. The molecule has 0 amide bonds. The number of carbonyl (C=O) groups is 1. The highest BCUT2D eigenvalue weighted by Gasteiger charge is 2.67. The molecular formula is C19H22O. The monoisotopic (exact) mass is 266 g/mol. The number of ketones is 1. The molecule has 0 radical (unpaired) electrons. The summed E-state index contributed by atoms with van der Waals surface area (Å²) in [4.78, 5) is 13.1. The molecule has 0 saturated heterocycles. The highest BCUT2D eigenvalue weighted by atomic mass is 16.1. The van der Waals surface area contributed by atoms with E-state index in [2.05, 4.69) is 24.3 Å². The lowest BCUT2D eigenvalue weighted by atomic mass is 9.78. The first-order chi connectivity index (χ1) is 9.84. The second-order valence-corrected chi connectivity index (χ2v) is 7.56. The summed E-state index contributed by atoms with van der Waals surface area (Å²) in [5.74, 6) is 4.73. The van der Waals surface area contributed by atoms with Crippen LogP contribution in [-0.2, 0) is 11.2 Å². The van der Waals surface area contributed by atoms with E-state index >= 15 is 0 Å². The number of benzene rings is 1. The normalized spacial score (nSPS) is 44.0.